The number of nitrogens with zero attached hydrogens (tertiary/aromatic N) is 1. The molecular formula is C18H21NO3. The Balaban J connectivity index is 1.37. The number of carbonyl (C=O) groups is 1. The SMILES string of the molecule is O=C(c1ccoc1)N1CC[C@@H](OCCCc2ccccc2)C1. The van der Waals surface area contributed by atoms with Crippen molar-refractivity contribution in [2.75, 3.05) is 19.7 Å². The second-order valence-electron chi connectivity index (χ2n) is 5.63. The van der Waals surface area contributed by atoms with Crippen LogP contribution in [0.15, 0.2) is 53.3 Å². The van der Waals surface area contributed by atoms with E-state index in [1.807, 2.05) is 11.0 Å². The third-order valence-electron chi connectivity index (χ3n) is 4.01. The van der Waals surface area contributed by atoms with E-state index in [1.54, 1.807) is 6.07 Å². The van der Waals surface area contributed by atoms with Gasteiger partial charge in [-0.25, -0.2) is 0 Å². The van der Waals surface area contributed by atoms with Crippen LogP contribution in [0, 0.1) is 0 Å². The van der Waals surface area contributed by atoms with Crippen molar-refractivity contribution in [3.05, 3.63) is 60.1 Å². The van der Waals surface area contributed by atoms with Crippen molar-refractivity contribution >= 4 is 5.91 Å². The maximum Gasteiger partial charge on any atom is 0.257 e. The van der Waals surface area contributed by atoms with Crippen molar-refractivity contribution in [2.45, 2.75) is 25.4 Å². The summed E-state index contributed by atoms with van der Waals surface area (Å²) >= 11 is 0. The minimum Gasteiger partial charge on any atom is -0.472 e. The van der Waals surface area contributed by atoms with Crippen LogP contribution >= 0.6 is 0 Å². The first-order chi connectivity index (χ1) is 10.8. The molecule has 0 radical (unpaired) electrons. The van der Waals surface area contributed by atoms with Gasteiger partial charge in [-0.15, -0.1) is 0 Å². The molecular weight excluding hydrogens is 278 g/mol. The molecule has 0 unspecified atom stereocenters. The number of aryl methyl sites for hydroxylation is 1. The molecule has 1 aromatic carbocycles. The fraction of sp³-hybridized carbons (Fsp3) is 0.389. The molecule has 1 saturated heterocycles. The molecule has 0 N–H and O–H groups in total. The summed E-state index contributed by atoms with van der Waals surface area (Å²) in [6, 6.07) is 12.1. The van der Waals surface area contributed by atoms with Crippen LogP contribution in [0.4, 0.5) is 0 Å². The van der Waals surface area contributed by atoms with Crippen molar-refractivity contribution < 1.29 is 13.9 Å². The number of amides is 1. The fourth-order valence-electron chi connectivity index (χ4n) is 2.79. The van der Waals surface area contributed by atoms with E-state index in [4.69, 9.17) is 9.15 Å². The molecule has 0 spiro atoms. The topological polar surface area (TPSA) is 42.7 Å². The molecule has 1 aliphatic heterocycles. The van der Waals surface area contributed by atoms with Crippen molar-refractivity contribution in [1.82, 2.24) is 4.90 Å². The molecule has 1 atom stereocenters. The van der Waals surface area contributed by atoms with E-state index in [0.717, 1.165) is 32.4 Å². The summed E-state index contributed by atoms with van der Waals surface area (Å²) in [5.41, 5.74) is 1.96. The van der Waals surface area contributed by atoms with Gasteiger partial charge in [0.15, 0.2) is 0 Å². The van der Waals surface area contributed by atoms with Crippen molar-refractivity contribution in [3.63, 3.8) is 0 Å². The number of hydrogen-bond acceptors (Lipinski definition) is 3. The lowest BCUT2D eigenvalue weighted by Gasteiger charge is -2.15. The first kappa shape index (κ1) is 14.9. The molecule has 1 amide bonds. The first-order valence-electron chi connectivity index (χ1n) is 7.80. The minimum atomic E-state index is 0.0316. The molecule has 3 rings (SSSR count). The average Bonchev–Trinajstić information content (AvgIpc) is 3.24. The maximum atomic E-state index is 12.2. The Bertz CT molecular complexity index is 580. The van der Waals surface area contributed by atoms with Gasteiger partial charge in [0.2, 0.25) is 0 Å². The van der Waals surface area contributed by atoms with Gasteiger partial charge in [0, 0.05) is 19.7 Å². The van der Waals surface area contributed by atoms with E-state index < -0.39 is 0 Å². The number of hydrogen-bond donors (Lipinski definition) is 0. The van der Waals surface area contributed by atoms with Crippen molar-refractivity contribution in [2.24, 2.45) is 0 Å². The van der Waals surface area contributed by atoms with Crippen LogP contribution in [0.2, 0.25) is 0 Å². The summed E-state index contributed by atoms with van der Waals surface area (Å²) in [5, 5.41) is 0. The first-order valence-corrected chi connectivity index (χ1v) is 7.80. The summed E-state index contributed by atoms with van der Waals surface area (Å²) in [6.45, 7) is 2.18. The van der Waals surface area contributed by atoms with Crippen LogP contribution < -0.4 is 0 Å². The van der Waals surface area contributed by atoms with E-state index in [9.17, 15) is 4.79 Å². The molecule has 4 heteroatoms. The summed E-state index contributed by atoms with van der Waals surface area (Å²) < 4.78 is 10.9. The zero-order valence-corrected chi connectivity index (χ0v) is 12.6. The Labute approximate surface area is 130 Å². The Morgan fingerprint density at radius 2 is 2.14 bits per heavy atom. The molecule has 2 heterocycles. The van der Waals surface area contributed by atoms with Crippen LogP contribution in [0.3, 0.4) is 0 Å². The summed E-state index contributed by atoms with van der Waals surface area (Å²) in [6.07, 6.45) is 6.14. The van der Waals surface area contributed by atoms with Gasteiger partial charge in [0.25, 0.3) is 5.91 Å². The molecule has 1 aliphatic rings. The second-order valence-corrected chi connectivity index (χ2v) is 5.63. The highest BCUT2D eigenvalue weighted by Crippen LogP contribution is 2.16. The van der Waals surface area contributed by atoms with Gasteiger partial charge in [-0.1, -0.05) is 30.3 Å². The average molecular weight is 299 g/mol. The molecule has 2 aromatic rings. The quantitative estimate of drug-likeness (QED) is 0.770. The van der Waals surface area contributed by atoms with Crippen molar-refractivity contribution in [1.29, 1.82) is 0 Å². The number of carbonyl (C=O) groups excluding carboxylic acids is 1. The van der Waals surface area contributed by atoms with Crippen LogP contribution in [-0.2, 0) is 11.2 Å². The monoisotopic (exact) mass is 299 g/mol. The zero-order chi connectivity index (χ0) is 15.2. The third-order valence-corrected chi connectivity index (χ3v) is 4.01. The molecule has 116 valence electrons. The number of ether oxygens (including phenoxy) is 1. The highest BCUT2D eigenvalue weighted by Gasteiger charge is 2.27. The third kappa shape index (κ3) is 3.77. The van der Waals surface area contributed by atoms with Gasteiger partial charge in [0.1, 0.15) is 6.26 Å². The molecule has 0 saturated carbocycles. The van der Waals surface area contributed by atoms with Gasteiger partial charge >= 0.3 is 0 Å². The minimum absolute atomic E-state index is 0.0316. The lowest BCUT2D eigenvalue weighted by atomic mass is 10.1. The highest BCUT2D eigenvalue weighted by molar-refractivity contribution is 5.94. The number of benzene rings is 1. The van der Waals surface area contributed by atoms with Gasteiger partial charge in [-0.2, -0.15) is 0 Å². The second kappa shape index (κ2) is 7.27. The molecule has 4 nitrogen and oxygen atoms in total. The molecule has 1 fully saturated rings. The van der Waals surface area contributed by atoms with Crippen LogP contribution in [0.5, 0.6) is 0 Å². The zero-order valence-electron chi connectivity index (χ0n) is 12.6. The summed E-state index contributed by atoms with van der Waals surface area (Å²) in [5.74, 6) is 0.0316. The summed E-state index contributed by atoms with van der Waals surface area (Å²) in [7, 11) is 0. The fourth-order valence-corrected chi connectivity index (χ4v) is 2.79. The normalized spacial score (nSPS) is 17.8. The van der Waals surface area contributed by atoms with Crippen LogP contribution in [-0.4, -0.2) is 36.6 Å². The smallest absolute Gasteiger partial charge is 0.257 e. The Kier molecular flexibility index (Phi) is 4.91. The maximum absolute atomic E-state index is 12.2. The molecule has 22 heavy (non-hydrogen) atoms. The van der Waals surface area contributed by atoms with Crippen LogP contribution in [0.25, 0.3) is 0 Å². The lowest BCUT2D eigenvalue weighted by Crippen LogP contribution is -2.30. The largest absolute Gasteiger partial charge is 0.472 e. The van der Waals surface area contributed by atoms with E-state index in [1.165, 1.54) is 18.1 Å². The standard InChI is InChI=1S/C18H21NO3/c20-18(16-9-12-21-14-16)19-10-8-17(13-19)22-11-4-7-15-5-2-1-3-6-15/h1-3,5-6,9,12,14,17H,4,7-8,10-11,13H2/t17-/m1/s1. The molecule has 0 bridgehead atoms. The Morgan fingerprint density at radius 3 is 2.91 bits per heavy atom. The number of likely N-dealkylation sites (tertiary alicyclic amines) is 1. The van der Waals surface area contributed by atoms with Gasteiger partial charge in [0.05, 0.1) is 17.9 Å². The highest BCUT2D eigenvalue weighted by atomic mass is 16.5. The molecule has 1 aromatic heterocycles. The lowest BCUT2D eigenvalue weighted by molar-refractivity contribution is 0.0524. The summed E-state index contributed by atoms with van der Waals surface area (Å²) in [4.78, 5) is 14.0. The van der Waals surface area contributed by atoms with Gasteiger partial charge in [-0.05, 0) is 30.9 Å². The predicted octanol–water partition coefficient (Wildman–Crippen LogP) is 3.14. The Hall–Kier alpha value is -2.07. The Morgan fingerprint density at radius 1 is 1.27 bits per heavy atom. The van der Waals surface area contributed by atoms with Crippen LogP contribution in [0.1, 0.15) is 28.8 Å². The van der Waals surface area contributed by atoms with E-state index in [0.29, 0.717) is 12.1 Å². The number of furan rings is 1. The molecule has 0 aliphatic carbocycles. The van der Waals surface area contributed by atoms with Gasteiger partial charge < -0.3 is 14.1 Å². The number of rotatable bonds is 6. The van der Waals surface area contributed by atoms with E-state index in [2.05, 4.69) is 24.3 Å². The van der Waals surface area contributed by atoms with Crippen molar-refractivity contribution in [3.8, 4) is 0 Å². The van der Waals surface area contributed by atoms with E-state index in [-0.39, 0.29) is 12.0 Å². The van der Waals surface area contributed by atoms with E-state index >= 15 is 0 Å². The van der Waals surface area contributed by atoms with Gasteiger partial charge in [-0.3, -0.25) is 4.79 Å². The predicted molar refractivity (Wildman–Crippen MR) is 83.7 cm³/mol.